The highest BCUT2D eigenvalue weighted by atomic mass is 16.5. The highest BCUT2D eigenvalue weighted by molar-refractivity contribution is 5.76. The molecule has 0 atom stereocenters. The second-order valence-electron chi connectivity index (χ2n) is 3.99. The number of aryl methyl sites for hydroxylation is 1. The number of ether oxygens (including phenoxy) is 1. The number of hydrogen-bond acceptors (Lipinski definition) is 3. The summed E-state index contributed by atoms with van der Waals surface area (Å²) in [5, 5.41) is 8.64. The number of benzene rings is 1. The summed E-state index contributed by atoms with van der Waals surface area (Å²) in [6.07, 6.45) is 0.746. The van der Waals surface area contributed by atoms with E-state index in [2.05, 4.69) is 0 Å². The van der Waals surface area contributed by atoms with Gasteiger partial charge in [-0.25, -0.2) is 0 Å². The molecule has 0 spiro atoms. The van der Waals surface area contributed by atoms with Crippen LogP contribution in [0, 0.1) is 6.92 Å². The Bertz CT molecular complexity index is 348. The largest absolute Gasteiger partial charge is 0.494 e. The first-order valence-corrected chi connectivity index (χ1v) is 5.68. The van der Waals surface area contributed by atoms with Gasteiger partial charge in [0.05, 0.1) is 6.61 Å². The van der Waals surface area contributed by atoms with Crippen molar-refractivity contribution in [2.75, 3.05) is 26.8 Å². The van der Waals surface area contributed by atoms with Crippen LogP contribution in [0.25, 0.3) is 0 Å². The van der Waals surface area contributed by atoms with Crippen molar-refractivity contribution in [2.24, 2.45) is 0 Å². The van der Waals surface area contributed by atoms with Gasteiger partial charge in [-0.3, -0.25) is 4.79 Å². The molecule has 1 aromatic carbocycles. The summed E-state index contributed by atoms with van der Waals surface area (Å²) in [6.45, 7) is 2.74. The molecule has 0 aromatic heterocycles. The van der Waals surface area contributed by atoms with E-state index >= 15 is 0 Å². The minimum absolute atomic E-state index is 0.264. The number of aliphatic hydroxyl groups is 1. The minimum Gasteiger partial charge on any atom is -0.494 e. The highest BCUT2D eigenvalue weighted by Crippen LogP contribution is 2.11. The molecule has 0 aliphatic heterocycles. The van der Waals surface area contributed by atoms with Gasteiger partial charge in [-0.15, -0.1) is 0 Å². The molecular weight excluding hydrogens is 218 g/mol. The molecule has 0 saturated heterocycles. The van der Waals surface area contributed by atoms with Gasteiger partial charge in [-0.2, -0.15) is 0 Å². The van der Waals surface area contributed by atoms with Crippen molar-refractivity contribution in [1.29, 1.82) is 0 Å². The van der Waals surface area contributed by atoms with E-state index in [9.17, 15) is 4.79 Å². The normalized spacial score (nSPS) is 10.1. The van der Waals surface area contributed by atoms with Crippen molar-refractivity contribution in [2.45, 2.75) is 13.3 Å². The molecule has 1 amide bonds. The summed E-state index contributed by atoms with van der Waals surface area (Å²) in [4.78, 5) is 12.5. The number of aliphatic hydroxyl groups excluding tert-OH is 1. The van der Waals surface area contributed by atoms with Crippen molar-refractivity contribution >= 4 is 5.91 Å². The third kappa shape index (κ3) is 4.87. The zero-order chi connectivity index (χ0) is 12.7. The van der Waals surface area contributed by atoms with Gasteiger partial charge in [0.1, 0.15) is 12.4 Å². The molecule has 4 heteroatoms. The van der Waals surface area contributed by atoms with Crippen molar-refractivity contribution in [3.63, 3.8) is 0 Å². The third-order valence-electron chi connectivity index (χ3n) is 2.49. The summed E-state index contributed by atoms with van der Waals surface area (Å²) < 4.78 is 5.52. The summed E-state index contributed by atoms with van der Waals surface area (Å²) in [6, 6.07) is 7.85. The first-order chi connectivity index (χ1) is 8.13. The third-order valence-corrected chi connectivity index (χ3v) is 2.49. The van der Waals surface area contributed by atoms with E-state index < -0.39 is 6.61 Å². The second kappa shape index (κ2) is 6.91. The van der Waals surface area contributed by atoms with Gasteiger partial charge in [-0.05, 0) is 25.5 Å². The second-order valence-corrected chi connectivity index (χ2v) is 3.99. The quantitative estimate of drug-likeness (QED) is 0.757. The van der Waals surface area contributed by atoms with Gasteiger partial charge in [-0.1, -0.05) is 17.7 Å². The van der Waals surface area contributed by atoms with Crippen LogP contribution in [-0.4, -0.2) is 42.7 Å². The fourth-order valence-corrected chi connectivity index (χ4v) is 1.37. The van der Waals surface area contributed by atoms with Crippen LogP contribution in [0.1, 0.15) is 12.0 Å². The van der Waals surface area contributed by atoms with Crippen molar-refractivity contribution < 1.29 is 14.6 Å². The molecule has 1 N–H and O–H groups in total. The number of hydrogen-bond donors (Lipinski definition) is 1. The van der Waals surface area contributed by atoms with Crippen molar-refractivity contribution in [3.8, 4) is 5.75 Å². The van der Waals surface area contributed by atoms with E-state index in [1.807, 2.05) is 31.2 Å². The molecule has 0 aliphatic rings. The number of amides is 1. The molecule has 17 heavy (non-hydrogen) atoms. The van der Waals surface area contributed by atoms with Crippen LogP contribution in [0.2, 0.25) is 0 Å². The lowest BCUT2D eigenvalue weighted by Gasteiger charge is -2.15. The Kier molecular flexibility index (Phi) is 5.49. The predicted molar refractivity (Wildman–Crippen MR) is 66.0 cm³/mol. The van der Waals surface area contributed by atoms with Crippen molar-refractivity contribution in [3.05, 3.63) is 29.8 Å². The number of carbonyl (C=O) groups excluding carboxylic acids is 1. The van der Waals surface area contributed by atoms with E-state index in [-0.39, 0.29) is 5.91 Å². The summed E-state index contributed by atoms with van der Waals surface area (Å²) in [7, 11) is 1.67. The van der Waals surface area contributed by atoms with Crippen molar-refractivity contribution in [1.82, 2.24) is 4.90 Å². The maximum atomic E-state index is 11.0. The maximum absolute atomic E-state index is 11.0. The zero-order valence-corrected chi connectivity index (χ0v) is 10.3. The van der Waals surface area contributed by atoms with Gasteiger partial charge in [0.2, 0.25) is 5.91 Å². The van der Waals surface area contributed by atoms with Crippen LogP contribution in [0.15, 0.2) is 24.3 Å². The molecule has 0 heterocycles. The van der Waals surface area contributed by atoms with Gasteiger partial charge in [0, 0.05) is 13.6 Å². The smallest absolute Gasteiger partial charge is 0.248 e. The lowest BCUT2D eigenvalue weighted by Crippen LogP contribution is -2.30. The molecule has 0 aliphatic carbocycles. The van der Waals surface area contributed by atoms with Crippen LogP contribution in [0.3, 0.4) is 0 Å². The minimum atomic E-state index is -0.435. The fraction of sp³-hybridized carbons (Fsp3) is 0.462. The maximum Gasteiger partial charge on any atom is 0.248 e. The van der Waals surface area contributed by atoms with Gasteiger partial charge in [0.15, 0.2) is 0 Å². The Morgan fingerprint density at radius 1 is 1.35 bits per heavy atom. The molecule has 1 rings (SSSR count). The number of carbonyl (C=O) groups is 1. The van der Waals surface area contributed by atoms with E-state index in [1.165, 1.54) is 10.5 Å². The summed E-state index contributed by atoms with van der Waals surface area (Å²) in [5.74, 6) is 0.576. The van der Waals surface area contributed by atoms with E-state index in [0.717, 1.165) is 12.2 Å². The molecule has 0 radical (unpaired) electrons. The monoisotopic (exact) mass is 237 g/mol. The molecule has 0 fully saturated rings. The first-order valence-electron chi connectivity index (χ1n) is 5.68. The van der Waals surface area contributed by atoms with Crippen LogP contribution in [0.5, 0.6) is 5.75 Å². The molecule has 4 nitrogen and oxygen atoms in total. The van der Waals surface area contributed by atoms with Crippen LogP contribution in [-0.2, 0) is 4.79 Å². The molecule has 94 valence electrons. The molecule has 0 bridgehead atoms. The van der Waals surface area contributed by atoms with E-state index in [4.69, 9.17) is 9.84 Å². The SMILES string of the molecule is Cc1ccc(OCCCN(C)C(=O)CO)cc1. The summed E-state index contributed by atoms with van der Waals surface area (Å²) in [5.41, 5.74) is 1.20. The zero-order valence-electron chi connectivity index (χ0n) is 10.3. The van der Waals surface area contributed by atoms with Gasteiger partial charge >= 0.3 is 0 Å². The van der Waals surface area contributed by atoms with Gasteiger partial charge < -0.3 is 14.7 Å². The predicted octanol–water partition coefficient (Wildman–Crippen LogP) is 1.21. The fourth-order valence-electron chi connectivity index (χ4n) is 1.37. The van der Waals surface area contributed by atoms with E-state index in [0.29, 0.717) is 13.2 Å². The Morgan fingerprint density at radius 3 is 2.59 bits per heavy atom. The Labute approximate surface area is 102 Å². The molecule has 1 aromatic rings. The standard InChI is InChI=1S/C13H19NO3/c1-11-4-6-12(7-5-11)17-9-3-8-14(2)13(16)10-15/h4-7,15H,3,8-10H2,1-2H3. The molecule has 0 saturated carbocycles. The summed E-state index contributed by atoms with van der Waals surface area (Å²) >= 11 is 0. The average Bonchev–Trinajstić information content (AvgIpc) is 2.35. The first kappa shape index (κ1) is 13.5. The van der Waals surface area contributed by atoms with E-state index in [1.54, 1.807) is 7.05 Å². The lowest BCUT2D eigenvalue weighted by atomic mass is 10.2. The topological polar surface area (TPSA) is 49.8 Å². The Balaban J connectivity index is 2.20. The Morgan fingerprint density at radius 2 is 2.00 bits per heavy atom. The number of nitrogens with zero attached hydrogens (tertiary/aromatic N) is 1. The van der Waals surface area contributed by atoms with Crippen LogP contribution >= 0.6 is 0 Å². The van der Waals surface area contributed by atoms with Crippen LogP contribution in [0.4, 0.5) is 0 Å². The Hall–Kier alpha value is -1.55. The lowest BCUT2D eigenvalue weighted by molar-refractivity contribution is -0.132. The van der Waals surface area contributed by atoms with Gasteiger partial charge in [0.25, 0.3) is 0 Å². The number of rotatable bonds is 6. The molecular formula is C13H19NO3. The van der Waals surface area contributed by atoms with Crippen LogP contribution < -0.4 is 4.74 Å². The number of likely N-dealkylation sites (N-methyl/N-ethyl adjacent to an activating group) is 1. The average molecular weight is 237 g/mol. The highest BCUT2D eigenvalue weighted by Gasteiger charge is 2.05. The molecule has 0 unspecified atom stereocenters.